The zero-order chi connectivity index (χ0) is 13.8. The lowest BCUT2D eigenvalue weighted by Gasteiger charge is -2.15. The quantitative estimate of drug-likeness (QED) is 0.742. The molecule has 0 aliphatic heterocycles. The number of benzene rings is 2. The van der Waals surface area contributed by atoms with Crippen molar-refractivity contribution >= 4 is 37.5 Å². The van der Waals surface area contributed by atoms with Crippen molar-refractivity contribution < 1.29 is 4.39 Å². The highest BCUT2D eigenvalue weighted by atomic mass is 79.9. The summed E-state index contributed by atoms with van der Waals surface area (Å²) in [4.78, 5) is 0. The molecule has 0 radical (unpaired) electrons. The lowest BCUT2D eigenvalue weighted by Crippen LogP contribution is -2.18. The van der Waals surface area contributed by atoms with Gasteiger partial charge in [-0.25, -0.2) is 4.39 Å². The predicted octanol–water partition coefficient (Wildman–Crippen LogP) is 5.39. The molecule has 0 spiro atoms. The third kappa shape index (κ3) is 4.32. The van der Waals surface area contributed by atoms with Crippen LogP contribution in [0.4, 0.5) is 10.1 Å². The maximum Gasteiger partial charge on any atom is 0.139 e. The zero-order valence-corrected chi connectivity index (χ0v) is 13.6. The predicted molar refractivity (Wildman–Crippen MR) is 85.0 cm³/mol. The summed E-state index contributed by atoms with van der Waals surface area (Å²) in [6.07, 6.45) is 0.894. The van der Waals surface area contributed by atoms with Crippen molar-refractivity contribution in [1.82, 2.24) is 0 Å². The van der Waals surface area contributed by atoms with E-state index in [1.807, 2.05) is 18.2 Å². The van der Waals surface area contributed by atoms with Crippen LogP contribution in [0.15, 0.2) is 51.4 Å². The van der Waals surface area contributed by atoms with E-state index in [2.05, 4.69) is 56.2 Å². The average molecular weight is 387 g/mol. The van der Waals surface area contributed by atoms with Crippen LogP contribution in [0.5, 0.6) is 0 Å². The first-order valence-corrected chi connectivity index (χ1v) is 7.59. The summed E-state index contributed by atoms with van der Waals surface area (Å²) in [6, 6.07) is 13.6. The van der Waals surface area contributed by atoms with E-state index in [9.17, 15) is 4.39 Å². The van der Waals surface area contributed by atoms with Gasteiger partial charge < -0.3 is 5.32 Å². The Morgan fingerprint density at radius 2 is 1.79 bits per heavy atom. The Labute approximate surface area is 129 Å². The Bertz CT molecular complexity index is 555. The summed E-state index contributed by atoms with van der Waals surface area (Å²) < 4.78 is 15.0. The number of anilines is 1. The molecule has 0 heterocycles. The van der Waals surface area contributed by atoms with Gasteiger partial charge in [-0.1, -0.05) is 28.1 Å². The Morgan fingerprint density at radius 1 is 1.11 bits per heavy atom. The van der Waals surface area contributed by atoms with Crippen LogP contribution in [0, 0.1) is 5.82 Å². The number of rotatable bonds is 4. The van der Waals surface area contributed by atoms with Crippen LogP contribution >= 0.6 is 31.9 Å². The maximum atomic E-state index is 13.4. The van der Waals surface area contributed by atoms with Gasteiger partial charge in [0.15, 0.2) is 0 Å². The molecule has 1 atom stereocenters. The molecule has 2 rings (SSSR count). The van der Waals surface area contributed by atoms with Crippen LogP contribution in [-0.4, -0.2) is 6.04 Å². The van der Waals surface area contributed by atoms with Crippen LogP contribution in [0.25, 0.3) is 0 Å². The Kier molecular flexibility index (Phi) is 4.99. The fourth-order valence-electron chi connectivity index (χ4n) is 1.90. The minimum absolute atomic E-state index is 0.238. The van der Waals surface area contributed by atoms with E-state index in [0.29, 0.717) is 4.47 Å². The van der Waals surface area contributed by atoms with Gasteiger partial charge in [-0.2, -0.15) is 0 Å². The van der Waals surface area contributed by atoms with Crippen LogP contribution in [0.3, 0.4) is 0 Å². The Balaban J connectivity index is 1.98. The molecule has 19 heavy (non-hydrogen) atoms. The molecule has 0 aromatic heterocycles. The molecule has 0 saturated heterocycles. The molecule has 1 unspecified atom stereocenters. The summed E-state index contributed by atoms with van der Waals surface area (Å²) in [5.41, 5.74) is 2.05. The van der Waals surface area contributed by atoms with E-state index in [4.69, 9.17) is 0 Å². The second-order valence-corrected chi connectivity index (χ2v) is 6.27. The first-order chi connectivity index (χ1) is 9.04. The van der Waals surface area contributed by atoms with Gasteiger partial charge >= 0.3 is 0 Å². The van der Waals surface area contributed by atoms with Gasteiger partial charge in [0.25, 0.3) is 0 Å². The summed E-state index contributed by atoms with van der Waals surface area (Å²) in [7, 11) is 0. The van der Waals surface area contributed by atoms with Crippen molar-refractivity contribution in [2.45, 2.75) is 19.4 Å². The molecule has 0 aliphatic rings. The molecule has 2 aromatic carbocycles. The maximum absolute atomic E-state index is 13.4. The molecule has 0 aliphatic carbocycles. The van der Waals surface area contributed by atoms with Gasteiger partial charge in [-0.05, 0) is 65.2 Å². The van der Waals surface area contributed by atoms with Crippen LogP contribution in [-0.2, 0) is 6.42 Å². The first-order valence-electron chi connectivity index (χ1n) is 6.00. The van der Waals surface area contributed by atoms with Crippen molar-refractivity contribution in [2.24, 2.45) is 0 Å². The fourth-order valence-corrected chi connectivity index (χ4v) is 2.41. The number of hydrogen-bond donors (Lipinski definition) is 1. The van der Waals surface area contributed by atoms with E-state index in [-0.39, 0.29) is 11.9 Å². The number of hydrogen-bond acceptors (Lipinski definition) is 1. The monoisotopic (exact) mass is 385 g/mol. The van der Waals surface area contributed by atoms with Crippen LogP contribution < -0.4 is 5.32 Å². The van der Waals surface area contributed by atoms with E-state index in [1.54, 1.807) is 6.07 Å². The molecule has 0 amide bonds. The van der Waals surface area contributed by atoms with E-state index in [1.165, 1.54) is 11.6 Å². The summed E-state index contributed by atoms with van der Waals surface area (Å²) in [5.74, 6) is -0.249. The van der Waals surface area contributed by atoms with E-state index in [0.717, 1.165) is 16.6 Å². The van der Waals surface area contributed by atoms with Gasteiger partial charge in [0.1, 0.15) is 5.82 Å². The normalized spacial score (nSPS) is 12.2. The lowest BCUT2D eigenvalue weighted by atomic mass is 10.1. The average Bonchev–Trinajstić information content (AvgIpc) is 2.37. The third-order valence-electron chi connectivity index (χ3n) is 2.79. The highest BCUT2D eigenvalue weighted by Gasteiger charge is 2.06. The van der Waals surface area contributed by atoms with Gasteiger partial charge in [0, 0.05) is 16.2 Å². The minimum Gasteiger partial charge on any atom is -0.382 e. The number of halogens is 3. The zero-order valence-electron chi connectivity index (χ0n) is 10.5. The Hall–Kier alpha value is -0.870. The highest BCUT2D eigenvalue weighted by Crippen LogP contribution is 2.20. The number of nitrogens with one attached hydrogen (secondary N) is 1. The molecule has 2 aromatic rings. The SMILES string of the molecule is CC(Cc1ccc(Br)cc1)Nc1ccc(Br)c(F)c1. The molecule has 4 heteroatoms. The second kappa shape index (κ2) is 6.53. The highest BCUT2D eigenvalue weighted by molar-refractivity contribution is 9.10. The lowest BCUT2D eigenvalue weighted by molar-refractivity contribution is 0.621. The van der Waals surface area contributed by atoms with Crippen molar-refractivity contribution in [3.63, 3.8) is 0 Å². The molecule has 1 N–H and O–H groups in total. The summed E-state index contributed by atoms with van der Waals surface area (Å²) >= 11 is 6.57. The Morgan fingerprint density at radius 3 is 2.42 bits per heavy atom. The van der Waals surface area contributed by atoms with Crippen molar-refractivity contribution in [3.05, 3.63) is 62.8 Å². The van der Waals surface area contributed by atoms with Gasteiger partial charge in [-0.3, -0.25) is 0 Å². The molecular formula is C15H14Br2FN. The molecule has 0 fully saturated rings. The molecule has 0 saturated carbocycles. The van der Waals surface area contributed by atoms with Gasteiger partial charge in [0.2, 0.25) is 0 Å². The van der Waals surface area contributed by atoms with Crippen LogP contribution in [0.1, 0.15) is 12.5 Å². The van der Waals surface area contributed by atoms with E-state index >= 15 is 0 Å². The standard InChI is InChI=1S/C15H14Br2FN/c1-10(8-11-2-4-12(16)5-3-11)19-13-6-7-14(17)15(18)9-13/h2-7,9-10,19H,8H2,1H3. The third-order valence-corrected chi connectivity index (χ3v) is 3.96. The summed E-state index contributed by atoms with van der Waals surface area (Å²) in [5, 5.41) is 3.30. The van der Waals surface area contributed by atoms with Gasteiger partial charge in [-0.15, -0.1) is 0 Å². The minimum atomic E-state index is -0.249. The van der Waals surface area contributed by atoms with Gasteiger partial charge in [0.05, 0.1) is 4.47 Å². The van der Waals surface area contributed by atoms with E-state index < -0.39 is 0 Å². The summed E-state index contributed by atoms with van der Waals surface area (Å²) in [6.45, 7) is 2.09. The molecule has 1 nitrogen and oxygen atoms in total. The van der Waals surface area contributed by atoms with Crippen molar-refractivity contribution in [2.75, 3.05) is 5.32 Å². The molecule has 100 valence electrons. The van der Waals surface area contributed by atoms with Crippen molar-refractivity contribution in [1.29, 1.82) is 0 Å². The molecule has 0 bridgehead atoms. The fraction of sp³-hybridized carbons (Fsp3) is 0.200. The second-order valence-electron chi connectivity index (χ2n) is 4.50. The molecular weight excluding hydrogens is 373 g/mol. The first kappa shape index (κ1) is 14.5. The van der Waals surface area contributed by atoms with Crippen molar-refractivity contribution in [3.8, 4) is 0 Å². The largest absolute Gasteiger partial charge is 0.382 e. The topological polar surface area (TPSA) is 12.0 Å². The van der Waals surface area contributed by atoms with Crippen LogP contribution in [0.2, 0.25) is 0 Å². The smallest absolute Gasteiger partial charge is 0.139 e.